The van der Waals surface area contributed by atoms with E-state index in [0.717, 1.165) is 47.7 Å². The van der Waals surface area contributed by atoms with Crippen LogP contribution in [0.15, 0.2) is 76.4 Å². The molecule has 184 valence electrons. The molecule has 3 heterocycles. The number of piperazine rings is 1. The minimum Gasteiger partial charge on any atom is -0.355 e. The molecule has 0 spiro atoms. The van der Waals surface area contributed by atoms with Gasteiger partial charge in [0.15, 0.2) is 5.16 Å². The van der Waals surface area contributed by atoms with E-state index in [1.165, 1.54) is 28.7 Å². The van der Waals surface area contributed by atoms with Crippen molar-refractivity contribution in [1.82, 2.24) is 14.9 Å². The second kappa shape index (κ2) is 10.2. The molecule has 0 saturated carbocycles. The first-order valence-electron chi connectivity index (χ1n) is 11.9. The van der Waals surface area contributed by atoms with E-state index in [0.29, 0.717) is 23.9 Å². The molecule has 7 nitrogen and oxygen atoms in total. The van der Waals surface area contributed by atoms with E-state index in [1.54, 1.807) is 6.07 Å². The average Bonchev–Trinajstić information content (AvgIpc) is 3.09. The standard InChI is InChI=1S/C27H26FN5O2S/c1-18-16-19(2)30-27(29-18)36-24-23(25(34)33(26(24)35)22-11-7-6-10-21(22)28)32-14-12-31(13-15-32)17-20-8-4-3-5-9-20/h3-11,16H,12-15,17H2,1-2H3/p+1. The predicted molar refractivity (Wildman–Crippen MR) is 136 cm³/mol. The Labute approximate surface area is 213 Å². The number of carbonyl (C=O) groups excluding carboxylic acids is 2. The van der Waals surface area contributed by atoms with Gasteiger partial charge in [-0.1, -0.05) is 42.5 Å². The van der Waals surface area contributed by atoms with Gasteiger partial charge < -0.3 is 9.80 Å². The molecular formula is C27H27FN5O2S+. The van der Waals surface area contributed by atoms with Crippen LogP contribution in [0.25, 0.3) is 0 Å². The molecule has 0 bridgehead atoms. The van der Waals surface area contributed by atoms with Crippen LogP contribution in [0.5, 0.6) is 0 Å². The van der Waals surface area contributed by atoms with Crippen molar-refractivity contribution in [3.05, 3.63) is 94.0 Å². The number of imide groups is 1. The highest BCUT2D eigenvalue weighted by molar-refractivity contribution is 8.04. The Hall–Kier alpha value is -3.56. The molecule has 0 radical (unpaired) electrons. The Morgan fingerprint density at radius 3 is 2.22 bits per heavy atom. The number of quaternary nitrogens is 1. The zero-order valence-electron chi connectivity index (χ0n) is 20.2. The summed E-state index contributed by atoms with van der Waals surface area (Å²) >= 11 is 1.08. The zero-order chi connectivity index (χ0) is 25.2. The van der Waals surface area contributed by atoms with E-state index in [-0.39, 0.29) is 10.6 Å². The van der Waals surface area contributed by atoms with Crippen LogP contribution < -0.4 is 9.80 Å². The number of benzene rings is 2. The molecule has 2 aliphatic heterocycles. The smallest absolute Gasteiger partial charge is 0.283 e. The molecule has 3 aromatic rings. The van der Waals surface area contributed by atoms with Gasteiger partial charge in [0, 0.05) is 17.0 Å². The summed E-state index contributed by atoms with van der Waals surface area (Å²) in [6.45, 7) is 7.47. The largest absolute Gasteiger partial charge is 0.355 e. The van der Waals surface area contributed by atoms with Crippen molar-refractivity contribution < 1.29 is 18.9 Å². The monoisotopic (exact) mass is 504 g/mol. The van der Waals surface area contributed by atoms with Gasteiger partial charge in [-0.3, -0.25) is 9.59 Å². The van der Waals surface area contributed by atoms with Crippen LogP contribution in [0.4, 0.5) is 10.1 Å². The van der Waals surface area contributed by atoms with Crippen molar-refractivity contribution in [3.8, 4) is 0 Å². The number of hydrogen-bond donors (Lipinski definition) is 1. The fourth-order valence-corrected chi connectivity index (χ4v) is 5.71. The number of para-hydroxylation sites is 1. The minimum absolute atomic E-state index is 0.0460. The average molecular weight is 505 g/mol. The molecule has 1 saturated heterocycles. The summed E-state index contributed by atoms with van der Waals surface area (Å²) < 4.78 is 14.7. The number of rotatable bonds is 6. The highest BCUT2D eigenvalue weighted by Crippen LogP contribution is 2.38. The molecule has 1 fully saturated rings. The summed E-state index contributed by atoms with van der Waals surface area (Å²) in [6.07, 6.45) is 0. The summed E-state index contributed by atoms with van der Waals surface area (Å²) in [5.74, 6) is -1.68. The van der Waals surface area contributed by atoms with Gasteiger partial charge >= 0.3 is 0 Å². The lowest BCUT2D eigenvalue weighted by atomic mass is 10.2. The number of amides is 2. The number of anilines is 1. The Kier molecular flexibility index (Phi) is 6.84. The molecule has 0 unspecified atom stereocenters. The molecule has 5 rings (SSSR count). The van der Waals surface area contributed by atoms with Gasteiger partial charge in [0.05, 0.1) is 31.9 Å². The van der Waals surface area contributed by atoms with Gasteiger partial charge in [0.2, 0.25) is 0 Å². The number of thioether (sulfide) groups is 1. The second-order valence-electron chi connectivity index (χ2n) is 9.01. The maximum absolute atomic E-state index is 14.7. The number of halogens is 1. The normalized spacial score (nSPS) is 16.9. The lowest BCUT2D eigenvalue weighted by molar-refractivity contribution is -0.917. The van der Waals surface area contributed by atoms with Crippen LogP contribution in [0.2, 0.25) is 0 Å². The third-order valence-electron chi connectivity index (χ3n) is 6.35. The van der Waals surface area contributed by atoms with Gasteiger partial charge in [0.25, 0.3) is 11.8 Å². The number of aryl methyl sites for hydroxylation is 2. The Morgan fingerprint density at radius 2 is 1.56 bits per heavy atom. The molecule has 0 atom stereocenters. The van der Waals surface area contributed by atoms with E-state index in [1.807, 2.05) is 43.0 Å². The summed E-state index contributed by atoms with van der Waals surface area (Å²) in [6, 6.07) is 18.0. The minimum atomic E-state index is -0.621. The highest BCUT2D eigenvalue weighted by atomic mass is 32.2. The van der Waals surface area contributed by atoms with Crippen molar-refractivity contribution >= 4 is 29.3 Å². The van der Waals surface area contributed by atoms with Gasteiger partial charge in [0.1, 0.15) is 23.0 Å². The van der Waals surface area contributed by atoms with Gasteiger partial charge in [-0.2, -0.15) is 0 Å². The molecule has 9 heteroatoms. The molecule has 2 aromatic carbocycles. The maximum Gasteiger partial charge on any atom is 0.283 e. The van der Waals surface area contributed by atoms with Crippen LogP contribution in [0, 0.1) is 19.7 Å². The third-order valence-corrected chi connectivity index (χ3v) is 7.29. The predicted octanol–water partition coefficient (Wildman–Crippen LogP) is 2.51. The second-order valence-corrected chi connectivity index (χ2v) is 9.99. The Balaban J connectivity index is 1.44. The summed E-state index contributed by atoms with van der Waals surface area (Å²) in [7, 11) is 0. The van der Waals surface area contributed by atoms with Crippen LogP contribution >= 0.6 is 11.8 Å². The lowest BCUT2D eigenvalue weighted by Gasteiger charge is -2.34. The van der Waals surface area contributed by atoms with Crippen LogP contribution in [-0.4, -0.2) is 52.9 Å². The summed E-state index contributed by atoms with van der Waals surface area (Å²) in [5, 5.41) is 0.393. The third kappa shape index (κ3) is 4.89. The SMILES string of the molecule is Cc1cc(C)nc(SC2=C(N3CC[NH+](Cc4ccccc4)CC3)C(=O)N(c3ccccc3F)C2=O)n1. The van der Waals surface area contributed by atoms with Gasteiger partial charge in [-0.15, -0.1) is 0 Å². The Morgan fingerprint density at radius 1 is 0.917 bits per heavy atom. The number of aromatic nitrogens is 2. The first kappa shape index (κ1) is 24.1. The van der Waals surface area contributed by atoms with E-state index in [4.69, 9.17) is 0 Å². The molecule has 1 N–H and O–H groups in total. The van der Waals surface area contributed by atoms with Crippen molar-refractivity contribution in [3.63, 3.8) is 0 Å². The number of carbonyl (C=O) groups is 2. The van der Waals surface area contributed by atoms with Crippen LogP contribution in [-0.2, 0) is 16.1 Å². The number of hydrogen-bond acceptors (Lipinski definition) is 6. The van der Waals surface area contributed by atoms with Crippen molar-refractivity contribution in [2.75, 3.05) is 31.1 Å². The Bertz CT molecular complexity index is 1320. The number of nitrogens with one attached hydrogen (secondary N) is 1. The first-order valence-corrected chi connectivity index (χ1v) is 12.7. The van der Waals surface area contributed by atoms with Gasteiger partial charge in [-0.05, 0) is 43.8 Å². The van der Waals surface area contributed by atoms with Crippen molar-refractivity contribution in [1.29, 1.82) is 0 Å². The molecule has 0 aliphatic carbocycles. The fourth-order valence-electron chi connectivity index (χ4n) is 4.66. The van der Waals surface area contributed by atoms with E-state index in [9.17, 15) is 14.0 Å². The molecule has 1 aromatic heterocycles. The molecule has 2 aliphatic rings. The van der Waals surface area contributed by atoms with E-state index < -0.39 is 17.6 Å². The number of nitrogens with zero attached hydrogens (tertiary/aromatic N) is 4. The van der Waals surface area contributed by atoms with Crippen molar-refractivity contribution in [2.24, 2.45) is 0 Å². The zero-order valence-corrected chi connectivity index (χ0v) is 21.0. The van der Waals surface area contributed by atoms with Crippen LogP contribution in [0.3, 0.4) is 0 Å². The molecule has 36 heavy (non-hydrogen) atoms. The summed E-state index contributed by atoms with van der Waals surface area (Å²) in [4.78, 5) is 40.7. The molecular weight excluding hydrogens is 477 g/mol. The first-order chi connectivity index (χ1) is 17.4. The van der Waals surface area contributed by atoms with E-state index in [2.05, 4.69) is 22.1 Å². The lowest BCUT2D eigenvalue weighted by Crippen LogP contribution is -3.13. The molecule has 2 amide bonds. The van der Waals surface area contributed by atoms with Gasteiger partial charge in [-0.25, -0.2) is 19.3 Å². The highest BCUT2D eigenvalue weighted by Gasteiger charge is 2.44. The topological polar surface area (TPSA) is 70.8 Å². The van der Waals surface area contributed by atoms with Crippen molar-refractivity contribution in [2.45, 2.75) is 25.5 Å². The maximum atomic E-state index is 14.7. The van der Waals surface area contributed by atoms with Crippen LogP contribution in [0.1, 0.15) is 17.0 Å². The summed E-state index contributed by atoms with van der Waals surface area (Å²) in [5.41, 5.74) is 3.06. The van der Waals surface area contributed by atoms with E-state index >= 15 is 0 Å². The quantitative estimate of drug-likeness (QED) is 0.411. The fraction of sp³-hybridized carbons (Fsp3) is 0.259.